The molecule has 1 aliphatic heterocycles. The Hall–Kier alpha value is -2.01. The maximum Gasteiger partial charge on any atom is 0.326 e. The first-order valence-electron chi connectivity index (χ1n) is 4.77. The van der Waals surface area contributed by atoms with Gasteiger partial charge in [0, 0.05) is 0 Å². The van der Waals surface area contributed by atoms with Crippen LogP contribution in [0.1, 0.15) is 5.56 Å². The van der Waals surface area contributed by atoms with Crippen molar-refractivity contribution in [2.75, 3.05) is 7.11 Å². The number of carbonyl (C=O) groups is 2. The van der Waals surface area contributed by atoms with Crippen molar-refractivity contribution >= 4 is 29.6 Å². The molecule has 5 nitrogen and oxygen atoms in total. The highest BCUT2D eigenvalue weighted by atomic mass is 35.5. The predicted molar refractivity (Wildman–Crippen MR) is 62.7 cm³/mol. The fraction of sp³-hybridized carbons (Fsp3) is 0.0909. The topological polar surface area (TPSA) is 67.4 Å². The Morgan fingerprint density at radius 3 is 2.59 bits per heavy atom. The van der Waals surface area contributed by atoms with E-state index in [2.05, 4.69) is 10.6 Å². The lowest BCUT2D eigenvalue weighted by Crippen LogP contribution is -2.22. The maximum atomic E-state index is 11.3. The summed E-state index contributed by atoms with van der Waals surface area (Å²) in [5.41, 5.74) is 0.888. The van der Waals surface area contributed by atoms with Crippen LogP contribution >= 0.6 is 11.6 Å². The summed E-state index contributed by atoms with van der Waals surface area (Å²) in [4.78, 5) is 22.2. The van der Waals surface area contributed by atoms with Gasteiger partial charge in [0.2, 0.25) is 0 Å². The van der Waals surface area contributed by atoms with Crippen molar-refractivity contribution in [3.63, 3.8) is 0 Å². The first-order valence-corrected chi connectivity index (χ1v) is 5.15. The van der Waals surface area contributed by atoms with Crippen LogP contribution in [0.15, 0.2) is 23.9 Å². The van der Waals surface area contributed by atoms with E-state index in [0.29, 0.717) is 16.3 Å². The summed E-state index contributed by atoms with van der Waals surface area (Å²) in [7, 11) is 1.52. The smallest absolute Gasteiger partial charge is 0.326 e. The van der Waals surface area contributed by atoms with E-state index in [0.717, 1.165) is 0 Å². The Morgan fingerprint density at radius 1 is 1.29 bits per heavy atom. The first kappa shape index (κ1) is 11.5. The van der Waals surface area contributed by atoms with E-state index >= 15 is 0 Å². The van der Waals surface area contributed by atoms with Gasteiger partial charge in [-0.2, -0.15) is 0 Å². The number of rotatable bonds is 2. The molecule has 6 heteroatoms. The van der Waals surface area contributed by atoms with Crippen LogP contribution in [0.25, 0.3) is 6.08 Å². The van der Waals surface area contributed by atoms with Gasteiger partial charge in [-0.1, -0.05) is 17.7 Å². The summed E-state index contributed by atoms with van der Waals surface area (Å²) in [5, 5.41) is 4.93. The zero-order valence-electron chi connectivity index (χ0n) is 8.91. The van der Waals surface area contributed by atoms with Crippen molar-refractivity contribution in [2.24, 2.45) is 0 Å². The first-order chi connectivity index (χ1) is 8.10. The van der Waals surface area contributed by atoms with E-state index in [4.69, 9.17) is 16.3 Å². The molecular weight excluding hydrogens is 244 g/mol. The number of urea groups is 1. The fourth-order valence-corrected chi connectivity index (χ4v) is 1.69. The quantitative estimate of drug-likeness (QED) is 0.620. The summed E-state index contributed by atoms with van der Waals surface area (Å²) < 4.78 is 5.01. The minimum atomic E-state index is -0.527. The standard InChI is InChI=1S/C11H9ClN2O3/c1-17-9-3-2-6(4-7(9)12)5-8-10(15)14-11(16)13-8/h2-5H,1H3,(H2,13,14,15,16)/b8-5+. The third-order valence-corrected chi connectivity index (χ3v) is 2.50. The molecule has 17 heavy (non-hydrogen) atoms. The van der Waals surface area contributed by atoms with Gasteiger partial charge in [0.25, 0.3) is 5.91 Å². The molecule has 1 aliphatic rings. The Balaban J connectivity index is 2.30. The van der Waals surface area contributed by atoms with Crippen molar-refractivity contribution in [2.45, 2.75) is 0 Å². The molecule has 1 aromatic carbocycles. The van der Waals surface area contributed by atoms with Crippen LogP contribution in [-0.4, -0.2) is 19.0 Å². The van der Waals surface area contributed by atoms with E-state index in [9.17, 15) is 9.59 Å². The van der Waals surface area contributed by atoms with Gasteiger partial charge in [-0.05, 0) is 23.8 Å². The van der Waals surface area contributed by atoms with E-state index in [1.54, 1.807) is 18.2 Å². The van der Waals surface area contributed by atoms with Gasteiger partial charge >= 0.3 is 6.03 Å². The predicted octanol–water partition coefficient (Wildman–Crippen LogP) is 1.53. The lowest BCUT2D eigenvalue weighted by Gasteiger charge is -2.03. The molecule has 0 aliphatic carbocycles. The van der Waals surface area contributed by atoms with Crippen LogP contribution in [0.5, 0.6) is 5.75 Å². The van der Waals surface area contributed by atoms with Crippen molar-refractivity contribution in [1.82, 2.24) is 10.6 Å². The number of amides is 3. The molecule has 88 valence electrons. The summed E-state index contributed by atoms with van der Waals surface area (Å²) in [6, 6.07) is 4.53. The number of hydrogen-bond acceptors (Lipinski definition) is 3. The normalized spacial score (nSPS) is 16.9. The summed E-state index contributed by atoms with van der Waals surface area (Å²) >= 11 is 5.94. The summed E-state index contributed by atoms with van der Waals surface area (Å²) in [6.45, 7) is 0. The van der Waals surface area contributed by atoms with Gasteiger partial charge < -0.3 is 10.1 Å². The molecule has 0 spiro atoms. The molecule has 1 aromatic rings. The minimum absolute atomic E-state index is 0.191. The fourth-order valence-electron chi connectivity index (χ4n) is 1.42. The monoisotopic (exact) mass is 252 g/mol. The SMILES string of the molecule is COc1ccc(/C=C2/NC(=O)NC2=O)cc1Cl. The lowest BCUT2D eigenvalue weighted by atomic mass is 10.2. The molecule has 0 aromatic heterocycles. The highest BCUT2D eigenvalue weighted by Crippen LogP contribution is 2.25. The number of nitrogens with one attached hydrogen (secondary N) is 2. The zero-order chi connectivity index (χ0) is 12.4. The number of hydrogen-bond donors (Lipinski definition) is 2. The molecular formula is C11H9ClN2O3. The third kappa shape index (κ3) is 2.39. The number of imide groups is 1. The molecule has 1 heterocycles. The molecule has 0 bridgehead atoms. The average Bonchev–Trinajstić information content (AvgIpc) is 2.58. The number of ether oxygens (including phenoxy) is 1. The van der Waals surface area contributed by atoms with Gasteiger partial charge in [-0.25, -0.2) is 4.79 Å². The van der Waals surface area contributed by atoms with Gasteiger partial charge in [-0.15, -0.1) is 0 Å². The third-order valence-electron chi connectivity index (χ3n) is 2.21. The molecule has 2 N–H and O–H groups in total. The Labute approximate surface area is 102 Å². The minimum Gasteiger partial charge on any atom is -0.495 e. The average molecular weight is 253 g/mol. The lowest BCUT2D eigenvalue weighted by molar-refractivity contribution is -0.115. The van der Waals surface area contributed by atoms with E-state index in [1.165, 1.54) is 13.2 Å². The number of methoxy groups -OCH3 is 1. The van der Waals surface area contributed by atoms with E-state index in [-0.39, 0.29) is 5.70 Å². The second kappa shape index (κ2) is 4.47. The highest BCUT2D eigenvalue weighted by Gasteiger charge is 2.22. The molecule has 2 rings (SSSR count). The van der Waals surface area contributed by atoms with Crippen molar-refractivity contribution in [3.05, 3.63) is 34.5 Å². The molecule has 0 saturated carbocycles. The van der Waals surface area contributed by atoms with E-state index in [1.807, 2.05) is 0 Å². The van der Waals surface area contributed by atoms with Crippen molar-refractivity contribution in [1.29, 1.82) is 0 Å². The second-order valence-corrected chi connectivity index (χ2v) is 3.77. The number of carbonyl (C=O) groups excluding carboxylic acids is 2. The molecule has 0 atom stereocenters. The molecule has 0 unspecified atom stereocenters. The van der Waals surface area contributed by atoms with Crippen LogP contribution in [0.3, 0.4) is 0 Å². The Bertz CT molecular complexity index is 525. The summed E-state index contributed by atoms with van der Waals surface area (Å²) in [5.74, 6) is 0.0932. The van der Waals surface area contributed by atoms with Crippen LogP contribution in [0.2, 0.25) is 5.02 Å². The largest absolute Gasteiger partial charge is 0.495 e. The van der Waals surface area contributed by atoms with Crippen molar-refractivity contribution in [3.8, 4) is 5.75 Å². The maximum absolute atomic E-state index is 11.3. The highest BCUT2D eigenvalue weighted by molar-refractivity contribution is 6.32. The molecule has 3 amide bonds. The van der Waals surface area contributed by atoms with Gasteiger partial charge in [0.1, 0.15) is 11.4 Å². The second-order valence-electron chi connectivity index (χ2n) is 3.36. The van der Waals surface area contributed by atoms with Crippen LogP contribution in [-0.2, 0) is 4.79 Å². The zero-order valence-corrected chi connectivity index (χ0v) is 9.67. The Morgan fingerprint density at radius 2 is 2.06 bits per heavy atom. The van der Waals surface area contributed by atoms with Crippen LogP contribution < -0.4 is 15.4 Å². The molecule has 1 saturated heterocycles. The van der Waals surface area contributed by atoms with Gasteiger partial charge in [-0.3, -0.25) is 10.1 Å². The van der Waals surface area contributed by atoms with E-state index < -0.39 is 11.9 Å². The number of halogens is 1. The van der Waals surface area contributed by atoms with Crippen molar-refractivity contribution < 1.29 is 14.3 Å². The van der Waals surface area contributed by atoms with Gasteiger partial charge in [0.15, 0.2) is 0 Å². The number of benzene rings is 1. The molecule has 1 fully saturated rings. The summed E-state index contributed by atoms with van der Waals surface area (Å²) in [6.07, 6.45) is 1.53. The van der Waals surface area contributed by atoms with Gasteiger partial charge in [0.05, 0.1) is 12.1 Å². The van der Waals surface area contributed by atoms with Crippen LogP contribution in [0, 0.1) is 0 Å². The van der Waals surface area contributed by atoms with Crippen LogP contribution in [0.4, 0.5) is 4.79 Å². The Kier molecular flexibility index (Phi) is 3.01. The molecule has 0 radical (unpaired) electrons.